The topological polar surface area (TPSA) is 82.3 Å². The van der Waals surface area contributed by atoms with E-state index in [0.717, 1.165) is 17.0 Å². The molecule has 212 valence electrons. The molecule has 0 fully saturated rings. The molecular weight excluding hydrogens is 484 g/mol. The van der Waals surface area contributed by atoms with Crippen LogP contribution in [0.1, 0.15) is 87.4 Å². The number of hydrogen-bond donors (Lipinski definition) is 1. The fraction of sp³-hybridized carbons (Fsp3) is 0.382. The number of primary amides is 1. The number of ketones is 1. The largest absolute Gasteiger partial charge is 0.438 e. The van der Waals surface area contributed by atoms with Gasteiger partial charge in [0, 0.05) is 6.20 Å². The van der Waals surface area contributed by atoms with E-state index in [1.807, 2.05) is 63.2 Å². The summed E-state index contributed by atoms with van der Waals surface area (Å²) in [5.41, 5.74) is 8.91. The van der Waals surface area contributed by atoms with Crippen LogP contribution in [0, 0.1) is 26.7 Å². The van der Waals surface area contributed by atoms with Gasteiger partial charge in [-0.25, -0.2) is 4.98 Å². The normalized spacial score (nSPS) is 9.87. The van der Waals surface area contributed by atoms with Crippen molar-refractivity contribution in [1.82, 2.24) is 4.98 Å². The highest BCUT2D eigenvalue weighted by Crippen LogP contribution is 2.23. The third-order valence-corrected chi connectivity index (χ3v) is 5.39. The van der Waals surface area contributed by atoms with Crippen LogP contribution >= 0.6 is 0 Å². The zero-order valence-corrected chi connectivity index (χ0v) is 25.2. The van der Waals surface area contributed by atoms with E-state index in [1.165, 1.54) is 44.2 Å². The van der Waals surface area contributed by atoms with E-state index in [2.05, 4.69) is 44.8 Å². The number of pyridine rings is 1. The number of benzene rings is 2. The minimum absolute atomic E-state index is 0.109. The van der Waals surface area contributed by atoms with Gasteiger partial charge in [0.25, 0.3) is 5.91 Å². The molecule has 0 spiro atoms. The van der Waals surface area contributed by atoms with E-state index >= 15 is 0 Å². The molecule has 1 aromatic heterocycles. The van der Waals surface area contributed by atoms with Gasteiger partial charge in [-0.3, -0.25) is 9.59 Å². The van der Waals surface area contributed by atoms with Gasteiger partial charge in [0.05, 0.1) is 0 Å². The SMILES string of the molecule is C/C=C/C(C)=O.CCCC(C)CCC.Cc1ccc(Oc2ncc(C)cc2C(N)=O)cc1.Cc1ccccc1. The van der Waals surface area contributed by atoms with Crippen molar-refractivity contribution >= 4 is 11.7 Å². The van der Waals surface area contributed by atoms with Gasteiger partial charge >= 0.3 is 0 Å². The number of amides is 1. The lowest BCUT2D eigenvalue weighted by Crippen LogP contribution is -2.13. The molecule has 0 aliphatic rings. The Bertz CT molecular complexity index is 1100. The zero-order chi connectivity index (χ0) is 29.6. The quantitative estimate of drug-likeness (QED) is 0.294. The van der Waals surface area contributed by atoms with Crippen molar-refractivity contribution in [2.24, 2.45) is 11.7 Å². The molecule has 1 amide bonds. The number of nitrogens with zero attached hydrogens (tertiary/aromatic N) is 1. The maximum atomic E-state index is 11.3. The Morgan fingerprint density at radius 2 is 1.44 bits per heavy atom. The van der Waals surface area contributed by atoms with E-state index in [-0.39, 0.29) is 17.2 Å². The fourth-order valence-corrected chi connectivity index (χ4v) is 3.43. The molecule has 0 aliphatic heterocycles. The van der Waals surface area contributed by atoms with E-state index in [0.29, 0.717) is 5.75 Å². The molecule has 3 aromatic rings. The molecule has 0 saturated carbocycles. The first-order valence-electron chi connectivity index (χ1n) is 13.7. The minimum Gasteiger partial charge on any atom is -0.438 e. The summed E-state index contributed by atoms with van der Waals surface area (Å²) in [5.74, 6) is 1.38. The second-order valence-electron chi connectivity index (χ2n) is 9.59. The Labute approximate surface area is 236 Å². The van der Waals surface area contributed by atoms with Crippen molar-refractivity contribution < 1.29 is 14.3 Å². The number of hydrogen-bond acceptors (Lipinski definition) is 4. The highest BCUT2D eigenvalue weighted by molar-refractivity contribution is 5.95. The summed E-state index contributed by atoms with van der Waals surface area (Å²) in [5, 5.41) is 0. The Hall–Kier alpha value is -3.73. The van der Waals surface area contributed by atoms with Crippen molar-refractivity contribution in [3.05, 3.63) is 101 Å². The molecule has 0 bridgehead atoms. The van der Waals surface area contributed by atoms with Crippen molar-refractivity contribution in [2.75, 3.05) is 0 Å². The first-order valence-corrected chi connectivity index (χ1v) is 13.7. The number of allylic oxidation sites excluding steroid dienone is 2. The second kappa shape index (κ2) is 21.2. The molecule has 2 N–H and O–H groups in total. The zero-order valence-electron chi connectivity index (χ0n) is 25.2. The summed E-state index contributed by atoms with van der Waals surface area (Å²) in [7, 11) is 0. The summed E-state index contributed by atoms with van der Waals surface area (Å²) in [6.07, 6.45) is 10.4. The van der Waals surface area contributed by atoms with E-state index in [4.69, 9.17) is 10.5 Å². The number of ether oxygens (including phenoxy) is 1. The van der Waals surface area contributed by atoms with Crippen LogP contribution in [0.2, 0.25) is 0 Å². The molecule has 0 saturated heterocycles. The van der Waals surface area contributed by atoms with Crippen molar-refractivity contribution in [3.8, 4) is 11.6 Å². The molecule has 1 heterocycles. The van der Waals surface area contributed by atoms with Crippen molar-refractivity contribution in [1.29, 1.82) is 0 Å². The van der Waals surface area contributed by atoms with Crippen molar-refractivity contribution in [3.63, 3.8) is 0 Å². The lowest BCUT2D eigenvalue weighted by atomic mass is 10.0. The first kappa shape index (κ1) is 35.3. The number of carbonyl (C=O) groups is 2. The van der Waals surface area contributed by atoms with Gasteiger partial charge in [0.2, 0.25) is 5.88 Å². The summed E-state index contributed by atoms with van der Waals surface area (Å²) < 4.78 is 5.57. The van der Waals surface area contributed by atoms with E-state index < -0.39 is 5.91 Å². The molecule has 0 unspecified atom stereocenters. The summed E-state index contributed by atoms with van der Waals surface area (Å²) in [6, 6.07) is 19.4. The average Bonchev–Trinajstić information content (AvgIpc) is 2.88. The Morgan fingerprint density at radius 3 is 1.82 bits per heavy atom. The van der Waals surface area contributed by atoms with Crippen LogP contribution in [0.3, 0.4) is 0 Å². The Balaban J connectivity index is 0.000000570. The maximum Gasteiger partial charge on any atom is 0.254 e. The predicted octanol–water partition coefficient (Wildman–Crippen LogP) is 8.96. The van der Waals surface area contributed by atoms with Gasteiger partial charge in [0.15, 0.2) is 5.78 Å². The molecule has 5 heteroatoms. The molecule has 0 radical (unpaired) electrons. The van der Waals surface area contributed by atoms with Crippen LogP contribution in [0.5, 0.6) is 11.6 Å². The Morgan fingerprint density at radius 1 is 0.897 bits per heavy atom. The highest BCUT2D eigenvalue weighted by Gasteiger charge is 2.12. The lowest BCUT2D eigenvalue weighted by Gasteiger charge is -2.08. The number of aryl methyl sites for hydroxylation is 3. The molecular formula is C34H48N2O3. The third kappa shape index (κ3) is 18.2. The van der Waals surface area contributed by atoms with Crippen LogP contribution in [-0.4, -0.2) is 16.7 Å². The molecule has 39 heavy (non-hydrogen) atoms. The van der Waals surface area contributed by atoms with Gasteiger partial charge < -0.3 is 10.5 Å². The van der Waals surface area contributed by atoms with Crippen LogP contribution in [0.4, 0.5) is 0 Å². The molecule has 5 nitrogen and oxygen atoms in total. The van der Waals surface area contributed by atoms with Crippen LogP contribution in [0.25, 0.3) is 0 Å². The summed E-state index contributed by atoms with van der Waals surface area (Å²) in [4.78, 5) is 25.4. The maximum absolute atomic E-state index is 11.3. The van der Waals surface area contributed by atoms with Crippen LogP contribution < -0.4 is 10.5 Å². The molecule has 0 atom stereocenters. The van der Waals surface area contributed by atoms with E-state index in [9.17, 15) is 9.59 Å². The van der Waals surface area contributed by atoms with E-state index in [1.54, 1.807) is 18.3 Å². The van der Waals surface area contributed by atoms with Crippen LogP contribution in [-0.2, 0) is 4.79 Å². The monoisotopic (exact) mass is 532 g/mol. The minimum atomic E-state index is -0.548. The Kier molecular flexibility index (Phi) is 19.2. The molecule has 2 aromatic carbocycles. The third-order valence-electron chi connectivity index (χ3n) is 5.39. The van der Waals surface area contributed by atoms with Gasteiger partial charge in [-0.1, -0.05) is 106 Å². The summed E-state index contributed by atoms with van der Waals surface area (Å²) >= 11 is 0. The van der Waals surface area contributed by atoms with Crippen LogP contribution in [0.15, 0.2) is 79.0 Å². The van der Waals surface area contributed by atoms with Gasteiger partial charge in [0.1, 0.15) is 11.3 Å². The van der Waals surface area contributed by atoms with Gasteiger partial charge in [-0.2, -0.15) is 0 Å². The fourth-order valence-electron chi connectivity index (χ4n) is 3.43. The van der Waals surface area contributed by atoms with Gasteiger partial charge in [-0.05, 0) is 70.4 Å². The average molecular weight is 533 g/mol. The highest BCUT2D eigenvalue weighted by atomic mass is 16.5. The number of rotatable bonds is 8. The number of carbonyl (C=O) groups excluding carboxylic acids is 2. The predicted molar refractivity (Wildman–Crippen MR) is 164 cm³/mol. The number of aromatic nitrogens is 1. The first-order chi connectivity index (χ1) is 18.5. The standard InChI is InChI=1S/C14H14N2O2.C8H18.C7H8.C5H8O/c1-9-3-5-11(6-4-9)18-14-12(13(15)17)7-10(2)8-16-14;1-4-6-8(3)7-5-2;1-7-5-3-2-4-6-7;1-3-4-5(2)6/h3-8H,1-2H3,(H2,15,17);8H,4-7H2,1-3H3;2-6H,1H3;3-4H,1-2H3/b;;;4-3+. The smallest absolute Gasteiger partial charge is 0.254 e. The van der Waals surface area contributed by atoms with Gasteiger partial charge in [-0.15, -0.1) is 0 Å². The summed E-state index contributed by atoms with van der Waals surface area (Å²) in [6.45, 7) is 16.1. The second-order valence-corrected chi connectivity index (χ2v) is 9.59. The molecule has 0 aliphatic carbocycles. The number of nitrogens with two attached hydrogens (primary N) is 1. The lowest BCUT2D eigenvalue weighted by molar-refractivity contribution is -0.112. The molecule has 3 rings (SSSR count). The van der Waals surface area contributed by atoms with Crippen molar-refractivity contribution in [2.45, 2.75) is 81.1 Å².